The highest BCUT2D eigenvalue weighted by molar-refractivity contribution is 6.31. The topological polar surface area (TPSA) is 78.9 Å². The third-order valence-corrected chi connectivity index (χ3v) is 5.71. The van der Waals surface area contributed by atoms with E-state index in [9.17, 15) is 14.7 Å². The molecule has 1 heterocycles. The van der Waals surface area contributed by atoms with Gasteiger partial charge >= 0.3 is 12.0 Å². The second kappa shape index (κ2) is 6.16. The number of nitrogens with one attached hydrogen (secondary N) is 1. The van der Waals surface area contributed by atoms with E-state index in [1.165, 1.54) is 7.11 Å². The van der Waals surface area contributed by atoms with E-state index in [-0.39, 0.29) is 18.5 Å². The Morgan fingerprint density at radius 2 is 2.21 bits per heavy atom. The number of aliphatic carboxylic acids is 1. The molecule has 1 aliphatic carbocycles. The van der Waals surface area contributed by atoms with Crippen molar-refractivity contribution in [2.75, 3.05) is 25.5 Å². The summed E-state index contributed by atoms with van der Waals surface area (Å²) in [5.74, 6) is -0.277. The minimum Gasteiger partial charge on any atom is -0.495 e. The number of likely N-dealkylation sites (tertiary alicyclic amines) is 1. The zero-order valence-electron chi connectivity index (χ0n) is 13.8. The number of carbonyl (C=O) groups is 2. The molecule has 2 aliphatic rings. The van der Waals surface area contributed by atoms with Gasteiger partial charge in [0.1, 0.15) is 5.75 Å². The van der Waals surface area contributed by atoms with Crippen LogP contribution in [-0.2, 0) is 4.79 Å². The summed E-state index contributed by atoms with van der Waals surface area (Å²) in [5.41, 5.74) is 0.580. The number of ether oxygens (including phenoxy) is 1. The number of hydrogen-bond acceptors (Lipinski definition) is 3. The first-order valence-electron chi connectivity index (χ1n) is 8.01. The van der Waals surface area contributed by atoms with E-state index in [2.05, 4.69) is 5.32 Å². The van der Waals surface area contributed by atoms with E-state index < -0.39 is 11.4 Å². The van der Waals surface area contributed by atoms with Gasteiger partial charge in [-0.2, -0.15) is 0 Å². The van der Waals surface area contributed by atoms with Gasteiger partial charge in [0.2, 0.25) is 0 Å². The van der Waals surface area contributed by atoms with Crippen molar-refractivity contribution in [2.24, 2.45) is 11.3 Å². The average molecular weight is 353 g/mol. The number of carboxylic acid groups (broad SMARTS) is 1. The molecule has 1 aromatic carbocycles. The Kier molecular flexibility index (Phi) is 4.34. The number of halogens is 1. The molecule has 7 heteroatoms. The standard InChI is InChI=1S/C17H21ClN2O4/c1-10-6-13(14(24-2)7-12(10)18)19-16(23)20-8-11-4-3-5-17(11,9-20)15(21)22/h6-7,11H,3-5,8-9H2,1-2H3,(H,19,23)(H,21,22)/t11-,17+/m0/s1. The quantitative estimate of drug-likeness (QED) is 0.874. The number of carboxylic acids is 1. The van der Waals surface area contributed by atoms with Crippen molar-refractivity contribution in [3.05, 3.63) is 22.7 Å². The Labute approximate surface area is 145 Å². The molecule has 1 saturated heterocycles. The second-order valence-corrected chi connectivity index (χ2v) is 7.07. The molecule has 2 amide bonds. The van der Waals surface area contributed by atoms with E-state index in [4.69, 9.17) is 16.3 Å². The molecule has 1 aromatic rings. The molecule has 24 heavy (non-hydrogen) atoms. The molecule has 0 aromatic heterocycles. The molecule has 1 aliphatic heterocycles. The number of methoxy groups -OCH3 is 1. The predicted molar refractivity (Wildman–Crippen MR) is 90.7 cm³/mol. The largest absolute Gasteiger partial charge is 0.495 e. The first kappa shape index (κ1) is 16.9. The zero-order chi connectivity index (χ0) is 17.5. The lowest BCUT2D eigenvalue weighted by atomic mass is 9.81. The number of aryl methyl sites for hydroxylation is 1. The number of carbonyl (C=O) groups excluding carboxylic acids is 1. The van der Waals surface area contributed by atoms with E-state index in [0.717, 1.165) is 18.4 Å². The summed E-state index contributed by atoms with van der Waals surface area (Å²) in [6.45, 7) is 2.58. The number of fused-ring (bicyclic) bond motifs is 1. The average Bonchev–Trinajstić information content (AvgIpc) is 3.08. The summed E-state index contributed by atoms with van der Waals surface area (Å²) >= 11 is 6.08. The Morgan fingerprint density at radius 1 is 1.46 bits per heavy atom. The van der Waals surface area contributed by atoms with E-state index in [1.807, 2.05) is 6.92 Å². The van der Waals surface area contributed by atoms with Gasteiger partial charge in [0, 0.05) is 24.2 Å². The van der Waals surface area contributed by atoms with Crippen molar-refractivity contribution in [2.45, 2.75) is 26.2 Å². The first-order valence-corrected chi connectivity index (χ1v) is 8.38. The number of nitrogens with zero attached hydrogens (tertiary/aromatic N) is 1. The number of benzene rings is 1. The number of amides is 2. The molecule has 6 nitrogen and oxygen atoms in total. The van der Waals surface area contributed by atoms with Crippen LogP contribution in [0.15, 0.2) is 12.1 Å². The predicted octanol–water partition coefficient (Wildman–Crippen LogP) is 3.38. The molecule has 2 atom stereocenters. The number of urea groups is 1. The highest BCUT2D eigenvalue weighted by Gasteiger charge is 2.55. The van der Waals surface area contributed by atoms with Crippen LogP contribution in [0, 0.1) is 18.3 Å². The summed E-state index contributed by atoms with van der Waals surface area (Å²) < 4.78 is 5.27. The minimum absolute atomic E-state index is 0.0367. The van der Waals surface area contributed by atoms with Crippen LogP contribution in [0.1, 0.15) is 24.8 Å². The van der Waals surface area contributed by atoms with Crippen molar-refractivity contribution < 1.29 is 19.4 Å². The van der Waals surface area contributed by atoms with Gasteiger partial charge in [0.15, 0.2) is 0 Å². The van der Waals surface area contributed by atoms with Crippen molar-refractivity contribution in [1.29, 1.82) is 0 Å². The summed E-state index contributed by atoms with van der Waals surface area (Å²) in [4.78, 5) is 25.9. The van der Waals surface area contributed by atoms with Crippen molar-refractivity contribution >= 4 is 29.3 Å². The van der Waals surface area contributed by atoms with E-state index in [1.54, 1.807) is 17.0 Å². The Balaban J connectivity index is 1.77. The van der Waals surface area contributed by atoms with Gasteiger partial charge in [-0.3, -0.25) is 4.79 Å². The van der Waals surface area contributed by atoms with Crippen LogP contribution in [0.3, 0.4) is 0 Å². The van der Waals surface area contributed by atoms with Crippen molar-refractivity contribution in [3.63, 3.8) is 0 Å². The third-order valence-electron chi connectivity index (χ3n) is 5.31. The van der Waals surface area contributed by atoms with Gasteiger partial charge < -0.3 is 20.1 Å². The summed E-state index contributed by atoms with van der Waals surface area (Å²) in [5, 5.41) is 13.0. The van der Waals surface area contributed by atoms with Crippen LogP contribution >= 0.6 is 11.6 Å². The minimum atomic E-state index is -0.791. The zero-order valence-corrected chi connectivity index (χ0v) is 14.5. The maximum Gasteiger partial charge on any atom is 0.321 e. The van der Waals surface area contributed by atoms with E-state index >= 15 is 0 Å². The normalized spacial score (nSPS) is 25.5. The van der Waals surface area contributed by atoms with Gasteiger partial charge in [0.05, 0.1) is 18.2 Å². The van der Waals surface area contributed by atoms with Crippen molar-refractivity contribution in [1.82, 2.24) is 4.90 Å². The smallest absolute Gasteiger partial charge is 0.321 e. The van der Waals surface area contributed by atoms with Crippen LogP contribution in [-0.4, -0.2) is 42.2 Å². The lowest BCUT2D eigenvalue weighted by Crippen LogP contribution is -2.38. The van der Waals surface area contributed by atoms with Gasteiger partial charge in [-0.25, -0.2) is 4.79 Å². The molecule has 0 radical (unpaired) electrons. The molecule has 1 saturated carbocycles. The van der Waals surface area contributed by atoms with Gasteiger partial charge in [0.25, 0.3) is 0 Å². The lowest BCUT2D eigenvalue weighted by Gasteiger charge is -2.23. The highest BCUT2D eigenvalue weighted by Crippen LogP contribution is 2.49. The number of hydrogen-bond donors (Lipinski definition) is 2. The maximum absolute atomic E-state index is 12.6. The summed E-state index contributed by atoms with van der Waals surface area (Å²) in [6, 6.07) is 3.11. The molecule has 0 bridgehead atoms. The van der Waals surface area contributed by atoms with Crippen LogP contribution in [0.4, 0.5) is 10.5 Å². The fourth-order valence-corrected chi connectivity index (χ4v) is 4.07. The fraction of sp³-hybridized carbons (Fsp3) is 0.529. The van der Waals surface area contributed by atoms with Crippen LogP contribution in [0.25, 0.3) is 0 Å². The summed E-state index contributed by atoms with van der Waals surface area (Å²) in [7, 11) is 1.51. The van der Waals surface area contributed by atoms with Gasteiger partial charge in [-0.1, -0.05) is 18.0 Å². The fourth-order valence-electron chi connectivity index (χ4n) is 3.92. The van der Waals surface area contributed by atoms with Crippen LogP contribution in [0.2, 0.25) is 5.02 Å². The maximum atomic E-state index is 12.6. The number of anilines is 1. The molecule has 0 unspecified atom stereocenters. The molecule has 2 N–H and O–H groups in total. The Hall–Kier alpha value is -1.95. The van der Waals surface area contributed by atoms with Gasteiger partial charge in [-0.05, 0) is 37.3 Å². The SMILES string of the molecule is COc1cc(Cl)c(C)cc1NC(=O)N1C[C@@H]2CCC[C@@]2(C(=O)O)C1. The van der Waals surface area contributed by atoms with Gasteiger partial charge in [-0.15, -0.1) is 0 Å². The molecule has 2 fully saturated rings. The Bertz CT molecular complexity index is 693. The Morgan fingerprint density at radius 3 is 2.83 bits per heavy atom. The molecule has 130 valence electrons. The first-order chi connectivity index (χ1) is 11.4. The molecular weight excluding hydrogens is 332 g/mol. The van der Waals surface area contributed by atoms with Crippen LogP contribution in [0.5, 0.6) is 5.75 Å². The molecule has 3 rings (SSSR count). The number of rotatable bonds is 3. The molecule has 0 spiro atoms. The highest BCUT2D eigenvalue weighted by atomic mass is 35.5. The van der Waals surface area contributed by atoms with Crippen molar-refractivity contribution in [3.8, 4) is 5.75 Å². The lowest BCUT2D eigenvalue weighted by molar-refractivity contribution is -0.149. The summed E-state index contributed by atoms with van der Waals surface area (Å²) in [6.07, 6.45) is 2.41. The monoisotopic (exact) mass is 352 g/mol. The van der Waals surface area contributed by atoms with E-state index in [0.29, 0.717) is 29.4 Å². The van der Waals surface area contributed by atoms with Crippen LogP contribution < -0.4 is 10.1 Å². The molecular formula is C17H21ClN2O4. The third kappa shape index (κ3) is 2.69. The second-order valence-electron chi connectivity index (χ2n) is 6.66.